The highest BCUT2D eigenvalue weighted by atomic mass is 32.2. The summed E-state index contributed by atoms with van der Waals surface area (Å²) in [6.07, 6.45) is 0.199. The Kier molecular flexibility index (Phi) is 4.80. The topological polar surface area (TPSA) is 64.6 Å². The Hall–Kier alpha value is -0.950. The van der Waals surface area contributed by atoms with E-state index in [0.29, 0.717) is 11.3 Å². The molecule has 1 heterocycles. The van der Waals surface area contributed by atoms with Gasteiger partial charge in [-0.1, -0.05) is 18.2 Å². The second kappa shape index (κ2) is 6.22. The molecule has 0 saturated carbocycles. The first-order valence-electron chi connectivity index (χ1n) is 6.63. The van der Waals surface area contributed by atoms with Crippen molar-refractivity contribution in [2.45, 2.75) is 36.6 Å². The van der Waals surface area contributed by atoms with Crippen LogP contribution >= 0.6 is 0 Å². The highest BCUT2D eigenvalue weighted by molar-refractivity contribution is 7.91. The van der Waals surface area contributed by atoms with Gasteiger partial charge in [0, 0.05) is 20.3 Å². The van der Waals surface area contributed by atoms with Gasteiger partial charge >= 0.3 is 0 Å². The minimum absolute atomic E-state index is 0.00229. The van der Waals surface area contributed by atoms with Crippen LogP contribution in [0.1, 0.15) is 24.9 Å². The number of hydrogen-bond acceptors (Lipinski definition) is 5. The Morgan fingerprint density at radius 1 is 1.25 bits per heavy atom. The van der Waals surface area contributed by atoms with E-state index >= 15 is 0 Å². The lowest BCUT2D eigenvalue weighted by Crippen LogP contribution is -2.43. The molecule has 20 heavy (non-hydrogen) atoms. The van der Waals surface area contributed by atoms with Crippen LogP contribution in [0.4, 0.5) is 0 Å². The molecule has 6 heteroatoms. The number of sulfone groups is 1. The maximum atomic E-state index is 12.1. The van der Waals surface area contributed by atoms with Crippen LogP contribution in [0.15, 0.2) is 29.2 Å². The van der Waals surface area contributed by atoms with Gasteiger partial charge < -0.3 is 14.8 Å². The maximum Gasteiger partial charge on any atom is 0.178 e. The SMILES string of the molecule is COC(OC)C(C)NC1CCS(=O)(=O)c2ccccc21. The average molecular weight is 299 g/mol. The molecule has 112 valence electrons. The summed E-state index contributed by atoms with van der Waals surface area (Å²) in [4.78, 5) is 0.433. The van der Waals surface area contributed by atoms with Gasteiger partial charge in [-0.15, -0.1) is 0 Å². The molecule has 2 rings (SSSR count). The number of hydrogen-bond donors (Lipinski definition) is 1. The van der Waals surface area contributed by atoms with E-state index < -0.39 is 9.84 Å². The smallest absolute Gasteiger partial charge is 0.178 e. The molecule has 2 atom stereocenters. The summed E-state index contributed by atoms with van der Waals surface area (Å²) >= 11 is 0. The zero-order valence-electron chi connectivity index (χ0n) is 12.0. The maximum absolute atomic E-state index is 12.1. The Morgan fingerprint density at radius 3 is 2.55 bits per heavy atom. The summed E-state index contributed by atoms with van der Waals surface area (Å²) < 4.78 is 34.6. The third-order valence-electron chi connectivity index (χ3n) is 3.64. The Balaban J connectivity index is 2.23. The van der Waals surface area contributed by atoms with Crippen molar-refractivity contribution in [2.75, 3.05) is 20.0 Å². The summed E-state index contributed by atoms with van der Waals surface area (Å²) in [7, 11) is 0.0332. The molecule has 0 amide bonds. The molecule has 5 nitrogen and oxygen atoms in total. The van der Waals surface area contributed by atoms with E-state index in [-0.39, 0.29) is 24.1 Å². The molecular formula is C14H21NO4S. The van der Waals surface area contributed by atoms with Gasteiger partial charge in [-0.25, -0.2) is 8.42 Å². The molecule has 0 bridgehead atoms. The van der Waals surface area contributed by atoms with Crippen molar-refractivity contribution in [2.24, 2.45) is 0 Å². The van der Waals surface area contributed by atoms with Crippen LogP contribution in [0.25, 0.3) is 0 Å². The first-order valence-corrected chi connectivity index (χ1v) is 8.28. The molecular weight excluding hydrogens is 278 g/mol. The van der Waals surface area contributed by atoms with Crippen LogP contribution in [-0.4, -0.2) is 40.7 Å². The number of benzene rings is 1. The molecule has 0 spiro atoms. The van der Waals surface area contributed by atoms with Gasteiger partial charge in [0.1, 0.15) is 0 Å². The molecule has 1 N–H and O–H groups in total. The normalized spacial score (nSPS) is 22.5. The van der Waals surface area contributed by atoms with Gasteiger partial charge in [0.05, 0.1) is 16.7 Å². The van der Waals surface area contributed by atoms with Crippen LogP contribution in [-0.2, 0) is 19.3 Å². The molecule has 0 fully saturated rings. The summed E-state index contributed by atoms with van der Waals surface area (Å²) in [6, 6.07) is 7.12. The third-order valence-corrected chi connectivity index (χ3v) is 5.46. The van der Waals surface area contributed by atoms with Crippen molar-refractivity contribution in [1.82, 2.24) is 5.32 Å². The fourth-order valence-electron chi connectivity index (χ4n) is 2.66. The van der Waals surface area contributed by atoms with E-state index in [4.69, 9.17) is 9.47 Å². The zero-order chi connectivity index (χ0) is 14.8. The summed E-state index contributed by atoms with van der Waals surface area (Å²) in [6.45, 7) is 1.96. The lowest BCUT2D eigenvalue weighted by Gasteiger charge is -2.31. The van der Waals surface area contributed by atoms with Gasteiger partial charge in [0.2, 0.25) is 0 Å². The van der Waals surface area contributed by atoms with Crippen LogP contribution in [0.2, 0.25) is 0 Å². The van der Waals surface area contributed by atoms with Crippen molar-refractivity contribution in [3.05, 3.63) is 29.8 Å². The molecule has 0 saturated heterocycles. The van der Waals surface area contributed by atoms with Crippen LogP contribution in [0.5, 0.6) is 0 Å². The van der Waals surface area contributed by atoms with E-state index in [1.807, 2.05) is 19.1 Å². The summed E-state index contributed by atoms with van der Waals surface area (Å²) in [5, 5.41) is 3.40. The van der Waals surface area contributed by atoms with Gasteiger partial charge in [-0.2, -0.15) is 0 Å². The second-order valence-electron chi connectivity index (χ2n) is 4.99. The molecule has 0 aliphatic carbocycles. The number of fused-ring (bicyclic) bond motifs is 1. The number of nitrogens with one attached hydrogen (secondary N) is 1. The van der Waals surface area contributed by atoms with Crippen molar-refractivity contribution in [3.8, 4) is 0 Å². The number of methoxy groups -OCH3 is 2. The molecule has 1 aliphatic heterocycles. The van der Waals surface area contributed by atoms with E-state index in [0.717, 1.165) is 5.56 Å². The molecule has 1 aliphatic rings. The predicted octanol–water partition coefficient (Wildman–Crippen LogP) is 1.50. The van der Waals surface area contributed by atoms with E-state index in [1.54, 1.807) is 26.4 Å². The minimum Gasteiger partial charge on any atom is -0.354 e. The van der Waals surface area contributed by atoms with Crippen molar-refractivity contribution >= 4 is 9.84 Å². The average Bonchev–Trinajstić information content (AvgIpc) is 2.44. The van der Waals surface area contributed by atoms with Crippen LogP contribution in [0.3, 0.4) is 0 Å². The van der Waals surface area contributed by atoms with E-state index in [2.05, 4.69) is 5.32 Å². The van der Waals surface area contributed by atoms with Crippen LogP contribution < -0.4 is 5.32 Å². The Morgan fingerprint density at radius 2 is 1.90 bits per heavy atom. The first-order chi connectivity index (χ1) is 9.49. The van der Waals surface area contributed by atoms with Gasteiger partial charge in [-0.3, -0.25) is 0 Å². The van der Waals surface area contributed by atoms with E-state index in [9.17, 15) is 8.42 Å². The molecule has 0 aromatic heterocycles. The van der Waals surface area contributed by atoms with Gasteiger partial charge in [-0.05, 0) is 25.0 Å². The largest absolute Gasteiger partial charge is 0.354 e. The molecule has 0 radical (unpaired) electrons. The lowest BCUT2D eigenvalue weighted by atomic mass is 10.0. The highest BCUT2D eigenvalue weighted by Gasteiger charge is 2.31. The van der Waals surface area contributed by atoms with Gasteiger partial charge in [0.25, 0.3) is 0 Å². The molecule has 1 aromatic carbocycles. The first kappa shape index (κ1) is 15.4. The molecule has 1 aromatic rings. The standard InChI is InChI=1S/C14H21NO4S/c1-10(14(18-2)19-3)15-12-8-9-20(16,17)13-7-5-4-6-11(12)13/h4-7,10,12,14-15H,8-9H2,1-3H3. The fraction of sp³-hybridized carbons (Fsp3) is 0.571. The number of ether oxygens (including phenoxy) is 2. The van der Waals surface area contributed by atoms with Crippen molar-refractivity contribution < 1.29 is 17.9 Å². The summed E-state index contributed by atoms with van der Waals surface area (Å²) in [5.74, 6) is 0.166. The monoisotopic (exact) mass is 299 g/mol. The van der Waals surface area contributed by atoms with Crippen molar-refractivity contribution in [3.63, 3.8) is 0 Å². The van der Waals surface area contributed by atoms with Gasteiger partial charge in [0.15, 0.2) is 16.1 Å². The third kappa shape index (κ3) is 3.03. The fourth-order valence-corrected chi connectivity index (χ4v) is 4.28. The number of rotatable bonds is 5. The molecule has 2 unspecified atom stereocenters. The predicted molar refractivity (Wildman–Crippen MR) is 76.3 cm³/mol. The second-order valence-corrected chi connectivity index (χ2v) is 7.07. The highest BCUT2D eigenvalue weighted by Crippen LogP contribution is 2.32. The zero-order valence-corrected chi connectivity index (χ0v) is 12.8. The minimum atomic E-state index is -3.14. The Bertz CT molecular complexity index is 554. The van der Waals surface area contributed by atoms with Crippen molar-refractivity contribution in [1.29, 1.82) is 0 Å². The quantitative estimate of drug-likeness (QED) is 0.835. The van der Waals surface area contributed by atoms with E-state index in [1.165, 1.54) is 0 Å². The lowest BCUT2D eigenvalue weighted by molar-refractivity contribution is -0.121. The Labute approximate surface area is 120 Å². The summed E-state index contributed by atoms with van der Waals surface area (Å²) in [5.41, 5.74) is 0.830. The van der Waals surface area contributed by atoms with Crippen LogP contribution in [0, 0.1) is 0 Å².